The molecule has 0 aliphatic carbocycles. The molecule has 26 heavy (non-hydrogen) atoms. The Morgan fingerprint density at radius 3 is 1.50 bits per heavy atom. The highest BCUT2D eigenvalue weighted by Crippen LogP contribution is 2.38. The molecular formula is C18H10F6N2. The summed E-state index contributed by atoms with van der Waals surface area (Å²) in [6, 6.07) is 9.60. The van der Waals surface area contributed by atoms with Gasteiger partial charge in [-0.25, -0.2) is 9.97 Å². The van der Waals surface area contributed by atoms with Crippen LogP contribution in [-0.2, 0) is 12.4 Å². The molecule has 3 rings (SSSR count). The van der Waals surface area contributed by atoms with Gasteiger partial charge in [-0.1, -0.05) is 36.4 Å². The highest BCUT2D eigenvalue weighted by molar-refractivity contribution is 5.68. The van der Waals surface area contributed by atoms with Crippen molar-refractivity contribution in [3.8, 4) is 22.5 Å². The molecule has 0 N–H and O–H groups in total. The summed E-state index contributed by atoms with van der Waals surface area (Å²) >= 11 is 0. The van der Waals surface area contributed by atoms with E-state index in [0.29, 0.717) is 0 Å². The Balaban J connectivity index is 2.05. The van der Waals surface area contributed by atoms with Crippen molar-refractivity contribution < 1.29 is 26.3 Å². The summed E-state index contributed by atoms with van der Waals surface area (Å²) in [4.78, 5) is 7.69. The fourth-order valence-electron chi connectivity index (χ4n) is 2.51. The summed E-state index contributed by atoms with van der Waals surface area (Å²) < 4.78 is 78.5. The molecule has 0 radical (unpaired) electrons. The van der Waals surface area contributed by atoms with Crippen molar-refractivity contribution in [3.63, 3.8) is 0 Å². The molecule has 0 atom stereocenters. The Labute approximate surface area is 144 Å². The van der Waals surface area contributed by atoms with Crippen LogP contribution in [0.15, 0.2) is 60.9 Å². The maximum Gasteiger partial charge on any atom is 0.417 e. The minimum absolute atomic E-state index is 0.0613. The van der Waals surface area contributed by atoms with Crippen molar-refractivity contribution in [1.29, 1.82) is 0 Å². The second-order valence-electron chi connectivity index (χ2n) is 5.38. The number of hydrogen-bond acceptors (Lipinski definition) is 2. The molecule has 134 valence electrons. The molecule has 0 spiro atoms. The molecule has 8 heteroatoms. The van der Waals surface area contributed by atoms with E-state index in [1.807, 2.05) is 0 Å². The Hall–Kier alpha value is -2.90. The van der Waals surface area contributed by atoms with Gasteiger partial charge in [-0.15, -0.1) is 0 Å². The number of halogens is 6. The molecule has 0 saturated heterocycles. The lowest BCUT2D eigenvalue weighted by molar-refractivity contribution is -0.137. The number of rotatable bonds is 2. The molecular weight excluding hydrogens is 358 g/mol. The van der Waals surface area contributed by atoms with E-state index in [1.54, 1.807) is 0 Å². The van der Waals surface area contributed by atoms with Gasteiger partial charge in [-0.3, -0.25) is 0 Å². The van der Waals surface area contributed by atoms with E-state index in [0.717, 1.165) is 24.5 Å². The van der Waals surface area contributed by atoms with Gasteiger partial charge in [0, 0.05) is 23.5 Å². The van der Waals surface area contributed by atoms with Crippen molar-refractivity contribution >= 4 is 0 Å². The minimum Gasteiger partial charge on any atom is -0.236 e. The molecule has 1 heterocycles. The van der Waals surface area contributed by atoms with Crippen molar-refractivity contribution in [1.82, 2.24) is 9.97 Å². The zero-order valence-corrected chi connectivity index (χ0v) is 12.9. The molecule has 0 fully saturated rings. The van der Waals surface area contributed by atoms with Crippen LogP contribution in [0.2, 0.25) is 0 Å². The van der Waals surface area contributed by atoms with Crippen molar-refractivity contribution in [3.05, 3.63) is 72.1 Å². The minimum atomic E-state index is -4.60. The van der Waals surface area contributed by atoms with Gasteiger partial charge in [0.15, 0.2) is 5.82 Å². The van der Waals surface area contributed by atoms with Crippen LogP contribution in [0.5, 0.6) is 0 Å². The summed E-state index contributed by atoms with van der Waals surface area (Å²) in [5, 5.41) is 0. The smallest absolute Gasteiger partial charge is 0.236 e. The topological polar surface area (TPSA) is 25.8 Å². The third-order valence-electron chi connectivity index (χ3n) is 3.67. The van der Waals surface area contributed by atoms with Crippen LogP contribution in [0, 0.1) is 0 Å². The number of benzene rings is 2. The van der Waals surface area contributed by atoms with Gasteiger partial charge in [-0.2, -0.15) is 26.3 Å². The third-order valence-corrected chi connectivity index (χ3v) is 3.67. The van der Waals surface area contributed by atoms with Crippen molar-refractivity contribution in [2.45, 2.75) is 12.4 Å². The lowest BCUT2D eigenvalue weighted by Crippen LogP contribution is -2.08. The summed E-state index contributed by atoms with van der Waals surface area (Å²) in [6.45, 7) is 0. The predicted octanol–water partition coefficient (Wildman–Crippen LogP) is 5.85. The van der Waals surface area contributed by atoms with E-state index in [-0.39, 0.29) is 22.5 Å². The first-order valence-corrected chi connectivity index (χ1v) is 7.33. The largest absolute Gasteiger partial charge is 0.417 e. The standard InChI is InChI=1S/C18H10F6N2/c19-17(20,21)14-7-3-1-5-12(14)11-9-25-16(26-10-11)13-6-2-4-8-15(13)18(22,23)24/h1-10H. The van der Waals surface area contributed by atoms with Gasteiger partial charge in [-0.05, 0) is 17.7 Å². The number of aromatic nitrogens is 2. The molecule has 0 aliphatic rings. The zero-order chi connectivity index (χ0) is 18.9. The number of nitrogens with zero attached hydrogens (tertiary/aromatic N) is 2. The fourth-order valence-corrected chi connectivity index (χ4v) is 2.51. The Morgan fingerprint density at radius 2 is 1.00 bits per heavy atom. The molecule has 2 nitrogen and oxygen atoms in total. The summed E-state index contributed by atoms with van der Waals surface area (Å²) in [5.41, 5.74) is -2.10. The van der Waals surface area contributed by atoms with Gasteiger partial charge >= 0.3 is 12.4 Å². The summed E-state index contributed by atoms with van der Waals surface area (Å²) in [5.74, 6) is -0.217. The second-order valence-corrected chi connectivity index (χ2v) is 5.38. The van der Waals surface area contributed by atoms with Crippen LogP contribution in [0.3, 0.4) is 0 Å². The van der Waals surface area contributed by atoms with Crippen LogP contribution in [0.25, 0.3) is 22.5 Å². The Kier molecular flexibility index (Phi) is 4.43. The van der Waals surface area contributed by atoms with Crippen molar-refractivity contribution in [2.24, 2.45) is 0 Å². The Morgan fingerprint density at radius 1 is 0.577 bits per heavy atom. The maximum atomic E-state index is 13.1. The second kappa shape index (κ2) is 6.44. The first-order chi connectivity index (χ1) is 12.2. The van der Waals surface area contributed by atoms with Crippen LogP contribution in [-0.4, -0.2) is 9.97 Å². The highest BCUT2D eigenvalue weighted by atomic mass is 19.4. The van der Waals surface area contributed by atoms with Gasteiger partial charge < -0.3 is 0 Å². The fraction of sp³-hybridized carbons (Fsp3) is 0.111. The molecule has 0 aliphatic heterocycles. The SMILES string of the molecule is FC(F)(F)c1ccccc1-c1cnc(-c2ccccc2C(F)(F)F)nc1. The van der Waals surface area contributed by atoms with Crippen LogP contribution >= 0.6 is 0 Å². The van der Waals surface area contributed by atoms with Crippen LogP contribution in [0.1, 0.15) is 11.1 Å². The van der Waals surface area contributed by atoms with Gasteiger partial charge in [0.05, 0.1) is 11.1 Å². The molecule has 2 aromatic carbocycles. The molecule has 0 amide bonds. The van der Waals surface area contributed by atoms with Gasteiger partial charge in [0.2, 0.25) is 0 Å². The molecule has 3 aromatic rings. The van der Waals surface area contributed by atoms with Crippen LogP contribution in [0.4, 0.5) is 26.3 Å². The summed E-state index contributed by atoms with van der Waals surface area (Å²) in [7, 11) is 0. The van der Waals surface area contributed by atoms with Crippen LogP contribution < -0.4 is 0 Å². The predicted molar refractivity (Wildman–Crippen MR) is 82.9 cm³/mol. The summed E-state index contributed by atoms with van der Waals surface area (Å²) in [6.07, 6.45) is -7.00. The van der Waals surface area contributed by atoms with Gasteiger partial charge in [0.25, 0.3) is 0 Å². The van der Waals surface area contributed by atoms with E-state index in [9.17, 15) is 26.3 Å². The van der Waals surface area contributed by atoms with E-state index < -0.39 is 23.5 Å². The van der Waals surface area contributed by atoms with Crippen molar-refractivity contribution in [2.75, 3.05) is 0 Å². The molecule has 1 aromatic heterocycles. The first-order valence-electron chi connectivity index (χ1n) is 7.33. The molecule has 0 bridgehead atoms. The highest BCUT2D eigenvalue weighted by Gasteiger charge is 2.35. The van der Waals surface area contributed by atoms with E-state index >= 15 is 0 Å². The van der Waals surface area contributed by atoms with E-state index in [2.05, 4.69) is 9.97 Å². The average Bonchev–Trinajstić information content (AvgIpc) is 2.60. The monoisotopic (exact) mass is 368 g/mol. The average molecular weight is 368 g/mol. The molecule has 0 unspecified atom stereocenters. The number of alkyl halides is 6. The molecule has 0 saturated carbocycles. The van der Waals surface area contributed by atoms with Gasteiger partial charge in [0.1, 0.15) is 0 Å². The van der Waals surface area contributed by atoms with E-state index in [4.69, 9.17) is 0 Å². The zero-order valence-electron chi connectivity index (χ0n) is 12.9. The normalized spacial score (nSPS) is 12.2. The van der Waals surface area contributed by atoms with E-state index in [1.165, 1.54) is 36.4 Å². The first kappa shape index (κ1) is 17.9. The Bertz CT molecular complexity index is 837. The quantitative estimate of drug-likeness (QED) is 0.531. The number of hydrogen-bond donors (Lipinski definition) is 0. The maximum absolute atomic E-state index is 13.1. The lowest BCUT2D eigenvalue weighted by atomic mass is 10.0. The lowest BCUT2D eigenvalue weighted by Gasteiger charge is -2.13. The third kappa shape index (κ3) is 3.54.